The summed E-state index contributed by atoms with van der Waals surface area (Å²) in [4.78, 5) is 30.0. The second-order valence-electron chi connectivity index (χ2n) is 9.95. The molecule has 1 saturated heterocycles. The molecular weight excluding hydrogens is 550 g/mol. The van der Waals surface area contributed by atoms with Gasteiger partial charge in [0.15, 0.2) is 0 Å². The van der Waals surface area contributed by atoms with E-state index >= 15 is 0 Å². The monoisotopic (exact) mass is 579 g/mol. The Hall–Kier alpha value is -3.22. The Bertz CT molecular complexity index is 1190. The quantitative estimate of drug-likeness (QED) is 0.361. The van der Waals surface area contributed by atoms with Crippen molar-refractivity contribution >= 4 is 23.2 Å². The molecule has 0 unspecified atom stereocenters. The van der Waals surface area contributed by atoms with Crippen LogP contribution in [0.4, 0.5) is 46.5 Å². The van der Waals surface area contributed by atoms with E-state index in [0.717, 1.165) is 0 Å². The first-order valence-electron chi connectivity index (χ1n) is 12.4. The lowest BCUT2D eigenvalue weighted by Gasteiger charge is -2.36. The minimum absolute atomic E-state index is 0.0694. The van der Waals surface area contributed by atoms with Crippen LogP contribution in [0.15, 0.2) is 36.4 Å². The standard InChI is InChI=1S/C27H29F8N3O2/c1-16-5-4-6-17(2)22(16)38-15-25(18(3)23(38)39,14-37(9-7-28)10-8-29)24(40)36-21-12-19(26(30,31)32)11-20(13-21)27(33,34)35/h4-6,11-13,18H,7-10,14-15H2,1-3H3,(H,36,40)/t18-,25-/m1/s1. The van der Waals surface area contributed by atoms with E-state index < -0.39 is 65.7 Å². The lowest BCUT2D eigenvalue weighted by Crippen LogP contribution is -2.51. The molecule has 0 radical (unpaired) electrons. The molecule has 1 aliphatic heterocycles. The Morgan fingerprint density at radius 3 is 1.93 bits per heavy atom. The Labute approximate surface area is 226 Å². The summed E-state index contributed by atoms with van der Waals surface area (Å²) in [5.74, 6) is -2.70. The van der Waals surface area contributed by atoms with Crippen molar-refractivity contribution in [3.8, 4) is 0 Å². The van der Waals surface area contributed by atoms with Gasteiger partial charge in [0.2, 0.25) is 11.8 Å². The van der Waals surface area contributed by atoms with Crippen molar-refractivity contribution in [2.24, 2.45) is 11.3 Å². The maximum absolute atomic E-state index is 13.8. The van der Waals surface area contributed by atoms with Crippen LogP contribution in [0.25, 0.3) is 0 Å². The van der Waals surface area contributed by atoms with Crippen molar-refractivity contribution < 1.29 is 44.7 Å². The molecule has 1 heterocycles. The molecule has 1 N–H and O–H groups in total. The number of para-hydroxylation sites is 1. The molecule has 40 heavy (non-hydrogen) atoms. The molecule has 2 aromatic carbocycles. The fourth-order valence-electron chi connectivity index (χ4n) is 5.11. The van der Waals surface area contributed by atoms with E-state index in [4.69, 9.17) is 0 Å². The smallest absolute Gasteiger partial charge is 0.325 e. The highest BCUT2D eigenvalue weighted by molar-refractivity contribution is 6.08. The number of rotatable bonds is 9. The molecule has 0 spiro atoms. The Kier molecular flexibility index (Phi) is 9.17. The number of benzene rings is 2. The van der Waals surface area contributed by atoms with Gasteiger partial charge in [0, 0.05) is 37.6 Å². The van der Waals surface area contributed by atoms with Crippen LogP contribution in [0.1, 0.15) is 29.2 Å². The number of alkyl halides is 8. The highest BCUT2D eigenvalue weighted by Crippen LogP contribution is 2.44. The number of hydrogen-bond donors (Lipinski definition) is 1. The summed E-state index contributed by atoms with van der Waals surface area (Å²) < 4.78 is 107. The first kappa shape index (κ1) is 31.3. The number of hydrogen-bond acceptors (Lipinski definition) is 3. The summed E-state index contributed by atoms with van der Waals surface area (Å²) in [7, 11) is 0. The summed E-state index contributed by atoms with van der Waals surface area (Å²) in [6, 6.07) is 5.90. The summed E-state index contributed by atoms with van der Waals surface area (Å²) in [5.41, 5.74) is -3.94. The molecule has 1 aliphatic rings. The van der Waals surface area contributed by atoms with E-state index in [0.29, 0.717) is 28.9 Å². The van der Waals surface area contributed by atoms with Gasteiger partial charge in [-0.05, 0) is 43.2 Å². The molecule has 2 aromatic rings. The first-order chi connectivity index (χ1) is 18.5. The van der Waals surface area contributed by atoms with Crippen LogP contribution in [-0.4, -0.2) is 56.2 Å². The van der Waals surface area contributed by atoms with Crippen molar-refractivity contribution in [2.45, 2.75) is 33.1 Å². The molecule has 5 nitrogen and oxygen atoms in total. The van der Waals surface area contributed by atoms with Gasteiger partial charge in [0.05, 0.1) is 22.5 Å². The molecule has 3 rings (SSSR count). The van der Waals surface area contributed by atoms with Crippen LogP contribution in [0.5, 0.6) is 0 Å². The molecule has 220 valence electrons. The lowest BCUT2D eigenvalue weighted by molar-refractivity contribution is -0.143. The van der Waals surface area contributed by atoms with E-state index in [1.54, 1.807) is 32.0 Å². The number of amides is 2. The maximum atomic E-state index is 13.8. The summed E-state index contributed by atoms with van der Waals surface area (Å²) in [6.45, 7) is 1.77. The van der Waals surface area contributed by atoms with E-state index in [1.807, 2.05) is 0 Å². The normalized spacial score (nSPS) is 19.9. The van der Waals surface area contributed by atoms with Gasteiger partial charge in [-0.1, -0.05) is 25.1 Å². The average Bonchev–Trinajstić information content (AvgIpc) is 3.09. The maximum Gasteiger partial charge on any atom is 0.416 e. The fourth-order valence-corrected chi connectivity index (χ4v) is 5.11. The van der Waals surface area contributed by atoms with Crippen molar-refractivity contribution in [1.82, 2.24) is 4.90 Å². The average molecular weight is 580 g/mol. The zero-order valence-corrected chi connectivity index (χ0v) is 22.0. The van der Waals surface area contributed by atoms with Gasteiger partial charge < -0.3 is 10.2 Å². The van der Waals surface area contributed by atoms with Crippen LogP contribution in [0, 0.1) is 25.2 Å². The number of halogens is 8. The second-order valence-corrected chi connectivity index (χ2v) is 9.95. The van der Waals surface area contributed by atoms with Crippen molar-refractivity contribution in [3.05, 3.63) is 58.7 Å². The Morgan fingerprint density at radius 1 is 0.975 bits per heavy atom. The van der Waals surface area contributed by atoms with E-state index in [1.165, 1.54) is 16.7 Å². The predicted octanol–water partition coefficient (Wildman–Crippen LogP) is 6.19. The number of nitrogens with zero attached hydrogens (tertiary/aromatic N) is 2. The van der Waals surface area contributed by atoms with Gasteiger partial charge in [-0.25, -0.2) is 8.78 Å². The molecule has 0 saturated carbocycles. The van der Waals surface area contributed by atoms with Gasteiger partial charge >= 0.3 is 12.4 Å². The van der Waals surface area contributed by atoms with E-state index in [2.05, 4.69) is 5.32 Å². The Morgan fingerprint density at radius 2 is 1.48 bits per heavy atom. The summed E-state index contributed by atoms with van der Waals surface area (Å²) >= 11 is 0. The molecule has 0 aromatic heterocycles. The zero-order valence-electron chi connectivity index (χ0n) is 22.0. The molecule has 13 heteroatoms. The highest BCUT2D eigenvalue weighted by atomic mass is 19.4. The molecular formula is C27H29F8N3O2. The van der Waals surface area contributed by atoms with Crippen LogP contribution in [0.3, 0.4) is 0 Å². The van der Waals surface area contributed by atoms with Crippen molar-refractivity contribution in [3.63, 3.8) is 0 Å². The summed E-state index contributed by atoms with van der Waals surface area (Å²) in [6.07, 6.45) is -10.3. The summed E-state index contributed by atoms with van der Waals surface area (Å²) in [5, 5.41) is 2.16. The van der Waals surface area contributed by atoms with Crippen molar-refractivity contribution in [2.75, 3.05) is 49.7 Å². The third kappa shape index (κ3) is 6.39. The van der Waals surface area contributed by atoms with Crippen LogP contribution >= 0.6 is 0 Å². The van der Waals surface area contributed by atoms with Crippen LogP contribution in [0.2, 0.25) is 0 Å². The van der Waals surface area contributed by atoms with E-state index in [-0.39, 0.29) is 32.2 Å². The van der Waals surface area contributed by atoms with Crippen LogP contribution < -0.4 is 10.2 Å². The molecule has 0 aliphatic carbocycles. The number of nitrogens with one attached hydrogen (secondary N) is 1. The minimum Gasteiger partial charge on any atom is -0.325 e. The molecule has 1 fully saturated rings. The third-order valence-corrected chi connectivity index (χ3v) is 7.22. The molecule has 2 amide bonds. The lowest BCUT2D eigenvalue weighted by atomic mass is 9.77. The third-order valence-electron chi connectivity index (χ3n) is 7.22. The second kappa shape index (κ2) is 11.7. The zero-order chi connectivity index (χ0) is 30.0. The number of carbonyl (C=O) groups excluding carboxylic acids is 2. The fraction of sp³-hybridized carbons (Fsp3) is 0.481. The van der Waals surface area contributed by atoms with Gasteiger partial charge in [0.1, 0.15) is 13.3 Å². The predicted molar refractivity (Wildman–Crippen MR) is 133 cm³/mol. The highest BCUT2D eigenvalue weighted by Gasteiger charge is 2.56. The number of carbonyl (C=O) groups is 2. The first-order valence-corrected chi connectivity index (χ1v) is 12.4. The van der Waals surface area contributed by atoms with Gasteiger partial charge in [0.25, 0.3) is 0 Å². The molecule has 2 atom stereocenters. The van der Waals surface area contributed by atoms with Crippen LogP contribution in [-0.2, 0) is 21.9 Å². The minimum atomic E-state index is -5.15. The van der Waals surface area contributed by atoms with Crippen molar-refractivity contribution in [1.29, 1.82) is 0 Å². The number of aryl methyl sites for hydroxylation is 2. The SMILES string of the molecule is Cc1cccc(C)c1N1C[C@@](CN(CCF)CCF)(C(=O)Nc2cc(C(F)(F)F)cc(C(F)(F)F)c2)[C@H](C)C1=O. The van der Waals surface area contributed by atoms with Gasteiger partial charge in [-0.3, -0.25) is 14.5 Å². The van der Waals surface area contributed by atoms with Gasteiger partial charge in [-0.15, -0.1) is 0 Å². The number of anilines is 2. The Balaban J connectivity index is 2.12. The van der Waals surface area contributed by atoms with Gasteiger partial charge in [-0.2, -0.15) is 26.3 Å². The largest absolute Gasteiger partial charge is 0.416 e. The van der Waals surface area contributed by atoms with E-state index in [9.17, 15) is 44.7 Å². The molecule has 0 bridgehead atoms. The topological polar surface area (TPSA) is 52.6 Å².